The summed E-state index contributed by atoms with van der Waals surface area (Å²) in [6.07, 6.45) is 1.70. The van der Waals surface area contributed by atoms with Crippen molar-refractivity contribution < 1.29 is 14.6 Å². The summed E-state index contributed by atoms with van der Waals surface area (Å²) in [4.78, 5) is 15.0. The number of rotatable bonds is 6. The molecule has 6 nitrogen and oxygen atoms in total. The first-order chi connectivity index (χ1) is 9.60. The number of pyridine rings is 1. The highest BCUT2D eigenvalue weighted by Crippen LogP contribution is 2.23. The summed E-state index contributed by atoms with van der Waals surface area (Å²) in [7, 11) is 1.59. The fourth-order valence-electron chi connectivity index (χ4n) is 1.67. The lowest BCUT2D eigenvalue weighted by atomic mass is 10.3. The first-order valence-corrected chi connectivity index (χ1v) is 6.94. The molecule has 0 aliphatic rings. The number of carbonyl (C=O) groups is 1. The second-order valence-electron chi connectivity index (χ2n) is 4.19. The van der Waals surface area contributed by atoms with Crippen LogP contribution in [0.3, 0.4) is 0 Å². The summed E-state index contributed by atoms with van der Waals surface area (Å²) in [6.45, 7) is 2.34. The Balaban J connectivity index is 2.35. The number of hydrogen-bond acceptors (Lipinski definition) is 5. The van der Waals surface area contributed by atoms with Crippen molar-refractivity contribution in [3.05, 3.63) is 35.7 Å². The highest BCUT2D eigenvalue weighted by Gasteiger charge is 2.12. The minimum atomic E-state index is -0.867. The van der Waals surface area contributed by atoms with E-state index in [1.165, 1.54) is 11.8 Å². The van der Waals surface area contributed by atoms with Gasteiger partial charge in [-0.3, -0.25) is 4.79 Å². The highest BCUT2D eigenvalue weighted by atomic mass is 32.2. The van der Waals surface area contributed by atoms with E-state index in [1.54, 1.807) is 18.0 Å². The summed E-state index contributed by atoms with van der Waals surface area (Å²) in [5.41, 5.74) is 1.80. The molecule has 1 N–H and O–H groups in total. The molecule has 0 fully saturated rings. The molecule has 20 heavy (non-hydrogen) atoms. The molecule has 0 saturated heterocycles. The first-order valence-electron chi connectivity index (χ1n) is 5.95. The van der Waals surface area contributed by atoms with E-state index in [-0.39, 0.29) is 5.75 Å². The molecule has 0 saturated carbocycles. The first kappa shape index (κ1) is 14.5. The van der Waals surface area contributed by atoms with Crippen molar-refractivity contribution in [2.45, 2.75) is 18.6 Å². The van der Waals surface area contributed by atoms with Crippen molar-refractivity contribution in [1.82, 2.24) is 14.8 Å². The quantitative estimate of drug-likeness (QED) is 0.820. The summed E-state index contributed by atoms with van der Waals surface area (Å²) in [5.74, 6) is -0.224. The van der Waals surface area contributed by atoms with Gasteiger partial charge in [0, 0.05) is 13.3 Å². The molecule has 0 bridgehead atoms. The zero-order chi connectivity index (χ0) is 14.5. The average molecular weight is 293 g/mol. The van der Waals surface area contributed by atoms with Crippen molar-refractivity contribution >= 4 is 17.7 Å². The molecular formula is C13H15N3O3S. The normalized spacial score (nSPS) is 10.7. The Bertz CT molecular complexity index is 613. The lowest BCUT2D eigenvalue weighted by Crippen LogP contribution is -2.04. The maximum Gasteiger partial charge on any atom is 0.313 e. The van der Waals surface area contributed by atoms with Gasteiger partial charge in [-0.15, -0.1) is 0 Å². The molecule has 0 aliphatic carbocycles. The van der Waals surface area contributed by atoms with Gasteiger partial charge in [0.15, 0.2) is 5.82 Å². The topological polar surface area (TPSA) is 77.2 Å². The molecule has 2 rings (SSSR count). The maximum atomic E-state index is 10.7. The van der Waals surface area contributed by atoms with Crippen LogP contribution in [0, 0.1) is 6.92 Å². The van der Waals surface area contributed by atoms with Crippen molar-refractivity contribution in [2.24, 2.45) is 0 Å². The average Bonchev–Trinajstić information content (AvgIpc) is 2.80. The molecule has 0 amide bonds. The van der Waals surface area contributed by atoms with E-state index < -0.39 is 5.97 Å². The van der Waals surface area contributed by atoms with Crippen LogP contribution in [0.4, 0.5) is 0 Å². The molecule has 7 heteroatoms. The van der Waals surface area contributed by atoms with Crippen LogP contribution in [0.15, 0.2) is 29.4 Å². The van der Waals surface area contributed by atoms with Crippen LogP contribution in [-0.2, 0) is 16.1 Å². The van der Waals surface area contributed by atoms with E-state index in [0.29, 0.717) is 12.4 Å². The Morgan fingerprint density at radius 2 is 2.30 bits per heavy atom. The number of hydrogen-bond donors (Lipinski definition) is 1. The molecule has 2 aromatic rings. The summed E-state index contributed by atoms with van der Waals surface area (Å²) in [5, 5.41) is 13.9. The van der Waals surface area contributed by atoms with Gasteiger partial charge in [-0.1, -0.05) is 11.8 Å². The van der Waals surface area contributed by atoms with Gasteiger partial charge in [0.05, 0.1) is 18.1 Å². The molecule has 0 unspecified atom stereocenters. The minimum Gasteiger partial charge on any atom is -0.481 e. The van der Waals surface area contributed by atoms with Crippen molar-refractivity contribution in [2.75, 3.05) is 12.9 Å². The number of aryl methyl sites for hydroxylation is 1. The fourth-order valence-corrected chi connectivity index (χ4v) is 2.41. The van der Waals surface area contributed by atoms with Gasteiger partial charge in [0.25, 0.3) is 0 Å². The Labute approximate surface area is 120 Å². The van der Waals surface area contributed by atoms with Crippen LogP contribution in [0.25, 0.3) is 5.82 Å². The van der Waals surface area contributed by atoms with Crippen LogP contribution in [0.1, 0.15) is 11.3 Å². The molecule has 0 aliphatic heterocycles. The van der Waals surface area contributed by atoms with E-state index in [9.17, 15) is 4.79 Å². The molecule has 0 atom stereocenters. The van der Waals surface area contributed by atoms with Gasteiger partial charge in [0.2, 0.25) is 0 Å². The zero-order valence-electron chi connectivity index (χ0n) is 11.2. The van der Waals surface area contributed by atoms with Crippen molar-refractivity contribution in [3.8, 4) is 5.82 Å². The van der Waals surface area contributed by atoms with Crippen LogP contribution in [0.5, 0.6) is 0 Å². The monoisotopic (exact) mass is 293 g/mol. The smallest absolute Gasteiger partial charge is 0.313 e. The fraction of sp³-hybridized carbons (Fsp3) is 0.308. The van der Waals surface area contributed by atoms with Crippen LogP contribution >= 0.6 is 11.8 Å². The van der Waals surface area contributed by atoms with E-state index >= 15 is 0 Å². The zero-order valence-corrected chi connectivity index (χ0v) is 12.1. The molecule has 2 heterocycles. The van der Waals surface area contributed by atoms with E-state index in [4.69, 9.17) is 9.84 Å². The highest BCUT2D eigenvalue weighted by molar-refractivity contribution is 7.99. The predicted octanol–water partition coefficient (Wildman–Crippen LogP) is 1.90. The Morgan fingerprint density at radius 1 is 1.50 bits per heavy atom. The number of ether oxygens (including phenoxy) is 1. The lowest BCUT2D eigenvalue weighted by molar-refractivity contribution is -0.133. The van der Waals surface area contributed by atoms with Gasteiger partial charge >= 0.3 is 5.97 Å². The summed E-state index contributed by atoms with van der Waals surface area (Å²) < 4.78 is 6.71. The number of thioether (sulfide) groups is 1. The minimum absolute atomic E-state index is 0.0239. The van der Waals surface area contributed by atoms with Crippen molar-refractivity contribution in [3.63, 3.8) is 0 Å². The SMILES string of the molecule is COCc1cc(SCC(=O)O)n(-c2cc(C)ccn2)n1. The van der Waals surface area contributed by atoms with E-state index in [0.717, 1.165) is 16.3 Å². The Hall–Kier alpha value is -1.86. The Kier molecular flexibility index (Phi) is 4.75. The number of nitrogens with zero attached hydrogens (tertiary/aromatic N) is 3. The largest absolute Gasteiger partial charge is 0.481 e. The molecular weight excluding hydrogens is 278 g/mol. The lowest BCUT2D eigenvalue weighted by Gasteiger charge is -2.05. The number of carboxylic acids is 1. The molecule has 0 spiro atoms. The molecule has 2 aromatic heterocycles. The standard InChI is InChI=1S/C13H15N3O3S/c1-9-3-4-14-11(5-9)16-12(20-8-13(17)18)6-10(15-16)7-19-2/h3-6H,7-8H2,1-2H3,(H,17,18). The van der Waals surface area contributed by atoms with Gasteiger partial charge in [0.1, 0.15) is 5.03 Å². The number of carboxylic acid groups (broad SMARTS) is 1. The maximum absolute atomic E-state index is 10.7. The molecule has 106 valence electrons. The predicted molar refractivity (Wildman–Crippen MR) is 75.2 cm³/mol. The van der Waals surface area contributed by atoms with E-state index in [2.05, 4.69) is 10.1 Å². The van der Waals surface area contributed by atoms with Crippen LogP contribution in [0.2, 0.25) is 0 Å². The van der Waals surface area contributed by atoms with Gasteiger partial charge in [-0.05, 0) is 30.7 Å². The summed E-state index contributed by atoms with van der Waals surface area (Å²) in [6, 6.07) is 5.61. The van der Waals surface area contributed by atoms with Crippen LogP contribution < -0.4 is 0 Å². The van der Waals surface area contributed by atoms with Gasteiger partial charge in [-0.2, -0.15) is 5.10 Å². The third kappa shape index (κ3) is 3.58. The van der Waals surface area contributed by atoms with Gasteiger partial charge < -0.3 is 9.84 Å². The van der Waals surface area contributed by atoms with Crippen LogP contribution in [-0.4, -0.2) is 38.7 Å². The summed E-state index contributed by atoms with van der Waals surface area (Å²) >= 11 is 1.21. The third-order valence-electron chi connectivity index (χ3n) is 2.48. The third-order valence-corrected chi connectivity index (χ3v) is 3.46. The van der Waals surface area contributed by atoms with E-state index in [1.807, 2.05) is 25.1 Å². The number of aromatic nitrogens is 3. The number of aliphatic carboxylic acids is 1. The second-order valence-corrected chi connectivity index (χ2v) is 5.19. The van der Waals surface area contributed by atoms with Crippen molar-refractivity contribution in [1.29, 1.82) is 0 Å². The van der Waals surface area contributed by atoms with Gasteiger partial charge in [-0.25, -0.2) is 9.67 Å². The molecule has 0 aromatic carbocycles. The second kappa shape index (κ2) is 6.53. The molecule has 0 radical (unpaired) electrons. The number of methoxy groups -OCH3 is 1. The Morgan fingerprint density at radius 3 is 2.95 bits per heavy atom.